The summed E-state index contributed by atoms with van der Waals surface area (Å²) >= 11 is 6.14. The summed E-state index contributed by atoms with van der Waals surface area (Å²) in [7, 11) is 1.59. The molecule has 0 bridgehead atoms. The number of carbonyl (C=O) groups is 1. The van der Waals surface area contributed by atoms with Crippen LogP contribution in [0.2, 0.25) is 5.02 Å². The summed E-state index contributed by atoms with van der Waals surface area (Å²) in [5.41, 5.74) is 11.0. The molecule has 2 heterocycles. The Morgan fingerprint density at radius 1 is 1.22 bits per heavy atom. The number of hydrogen-bond acceptors (Lipinski definition) is 7. The number of hydrazine groups is 1. The normalized spacial score (nSPS) is 14.3. The van der Waals surface area contributed by atoms with Gasteiger partial charge in [-0.1, -0.05) is 23.7 Å². The van der Waals surface area contributed by atoms with Crippen molar-refractivity contribution in [1.82, 2.24) is 9.55 Å². The van der Waals surface area contributed by atoms with Gasteiger partial charge in [-0.15, -0.1) is 0 Å². The highest BCUT2D eigenvalue weighted by molar-refractivity contribution is 6.30. The highest BCUT2D eigenvalue weighted by Crippen LogP contribution is 2.36. The van der Waals surface area contributed by atoms with Crippen molar-refractivity contribution in [1.29, 1.82) is 0 Å². The summed E-state index contributed by atoms with van der Waals surface area (Å²) in [5, 5.41) is 2.17. The van der Waals surface area contributed by atoms with Crippen molar-refractivity contribution in [3.63, 3.8) is 0 Å². The molecule has 4 rings (SSSR count). The smallest absolute Gasteiger partial charge is 0.358 e. The van der Waals surface area contributed by atoms with Gasteiger partial charge < -0.3 is 15.2 Å². The van der Waals surface area contributed by atoms with Gasteiger partial charge in [-0.3, -0.25) is 9.58 Å². The summed E-state index contributed by atoms with van der Waals surface area (Å²) in [6.45, 7) is 2.01. The SMILES string of the molecule is CCOC(=O)c1ncn2c1C/C(=C(/N)Cc1cccc(Cl)c1)N(N)c1cc(OC)ccc1-2. The molecule has 0 atom stereocenters. The molecule has 0 radical (unpaired) electrons. The van der Waals surface area contributed by atoms with Gasteiger partial charge in [0.15, 0.2) is 5.69 Å². The molecule has 0 amide bonds. The number of anilines is 1. The van der Waals surface area contributed by atoms with Crippen LogP contribution in [0.1, 0.15) is 28.7 Å². The molecule has 3 aromatic rings. The first-order chi connectivity index (χ1) is 15.4. The van der Waals surface area contributed by atoms with Crippen LogP contribution in [-0.4, -0.2) is 29.2 Å². The fourth-order valence-electron chi connectivity index (χ4n) is 3.77. The molecule has 0 unspecified atom stereocenters. The third kappa shape index (κ3) is 4.02. The number of nitrogens with zero attached hydrogens (tertiary/aromatic N) is 3. The molecule has 0 saturated heterocycles. The summed E-state index contributed by atoms with van der Waals surface area (Å²) in [5.74, 6) is 6.73. The Kier molecular flexibility index (Phi) is 6.07. The maximum atomic E-state index is 12.6. The average molecular weight is 454 g/mol. The van der Waals surface area contributed by atoms with Crippen LogP contribution in [0.3, 0.4) is 0 Å². The number of rotatable bonds is 5. The zero-order valence-corrected chi connectivity index (χ0v) is 18.6. The minimum Gasteiger partial charge on any atom is -0.497 e. The number of carbonyl (C=O) groups excluding carboxylic acids is 1. The molecule has 32 heavy (non-hydrogen) atoms. The Morgan fingerprint density at radius 2 is 2.03 bits per heavy atom. The van der Waals surface area contributed by atoms with Gasteiger partial charge in [0, 0.05) is 29.6 Å². The van der Waals surface area contributed by atoms with Crippen molar-refractivity contribution in [2.24, 2.45) is 11.6 Å². The minimum absolute atomic E-state index is 0.233. The van der Waals surface area contributed by atoms with Crippen LogP contribution in [0.5, 0.6) is 5.75 Å². The number of aromatic nitrogens is 2. The van der Waals surface area contributed by atoms with Crippen LogP contribution >= 0.6 is 11.6 Å². The van der Waals surface area contributed by atoms with Gasteiger partial charge in [-0.25, -0.2) is 15.6 Å². The lowest BCUT2D eigenvalue weighted by Crippen LogP contribution is -2.33. The molecule has 166 valence electrons. The number of esters is 1. The topological polar surface area (TPSA) is 109 Å². The van der Waals surface area contributed by atoms with E-state index in [0.717, 1.165) is 11.3 Å². The van der Waals surface area contributed by atoms with Gasteiger partial charge >= 0.3 is 5.97 Å². The van der Waals surface area contributed by atoms with Crippen LogP contribution in [0, 0.1) is 0 Å². The van der Waals surface area contributed by atoms with Crippen molar-refractivity contribution < 1.29 is 14.3 Å². The molecule has 1 aliphatic heterocycles. The molecular weight excluding hydrogens is 430 g/mol. The fourth-order valence-corrected chi connectivity index (χ4v) is 3.99. The Hall–Kier alpha value is -3.49. The standard InChI is InChI=1S/C23H24ClN5O3/c1-3-32-23(30)22-21-12-19(17(25)10-14-5-4-6-15(24)9-14)29(26)20-11-16(31-2)7-8-18(20)28(21)13-27-22/h4-9,11,13H,3,10,12,25-26H2,1-2H3/b19-17-. The number of methoxy groups -OCH3 is 1. The zero-order chi connectivity index (χ0) is 22.8. The predicted molar refractivity (Wildman–Crippen MR) is 123 cm³/mol. The van der Waals surface area contributed by atoms with Crippen molar-refractivity contribution in [2.75, 3.05) is 18.7 Å². The molecule has 0 aliphatic carbocycles. The van der Waals surface area contributed by atoms with Crippen LogP contribution < -0.4 is 21.3 Å². The Balaban J connectivity index is 1.87. The van der Waals surface area contributed by atoms with Crippen LogP contribution in [-0.2, 0) is 17.6 Å². The lowest BCUT2D eigenvalue weighted by atomic mass is 10.1. The van der Waals surface area contributed by atoms with Gasteiger partial charge in [-0.05, 0) is 36.8 Å². The third-order valence-electron chi connectivity index (χ3n) is 5.32. The van der Waals surface area contributed by atoms with Crippen LogP contribution in [0.15, 0.2) is 60.2 Å². The van der Waals surface area contributed by atoms with E-state index in [-0.39, 0.29) is 18.7 Å². The Bertz CT molecular complexity index is 1200. The Morgan fingerprint density at radius 3 is 2.75 bits per heavy atom. The van der Waals surface area contributed by atoms with E-state index in [1.807, 2.05) is 47.0 Å². The van der Waals surface area contributed by atoms with Crippen molar-refractivity contribution in [3.05, 3.63) is 82.2 Å². The molecular formula is C23H24ClN5O3. The van der Waals surface area contributed by atoms with Gasteiger partial charge in [0.2, 0.25) is 0 Å². The first-order valence-electron chi connectivity index (χ1n) is 10.1. The lowest BCUT2D eigenvalue weighted by Gasteiger charge is -2.24. The molecule has 2 aromatic carbocycles. The highest BCUT2D eigenvalue weighted by atomic mass is 35.5. The number of benzene rings is 2. The van der Waals surface area contributed by atoms with Gasteiger partial charge in [0.1, 0.15) is 12.1 Å². The molecule has 0 spiro atoms. The number of ether oxygens (including phenoxy) is 2. The van der Waals surface area contributed by atoms with Gasteiger partial charge in [0.25, 0.3) is 0 Å². The highest BCUT2D eigenvalue weighted by Gasteiger charge is 2.29. The number of allylic oxidation sites excluding steroid dienone is 2. The molecule has 1 aliphatic rings. The van der Waals surface area contributed by atoms with Crippen molar-refractivity contribution >= 4 is 23.3 Å². The zero-order valence-electron chi connectivity index (χ0n) is 17.8. The molecule has 8 nitrogen and oxygen atoms in total. The second kappa shape index (κ2) is 8.94. The minimum atomic E-state index is -0.491. The first kappa shape index (κ1) is 21.7. The lowest BCUT2D eigenvalue weighted by molar-refractivity contribution is 0.0519. The van der Waals surface area contributed by atoms with E-state index in [1.54, 1.807) is 25.4 Å². The second-order valence-corrected chi connectivity index (χ2v) is 7.75. The molecule has 0 fully saturated rings. The van der Waals surface area contributed by atoms with E-state index in [2.05, 4.69) is 4.98 Å². The number of fused-ring (bicyclic) bond motifs is 3. The fraction of sp³-hybridized carbons (Fsp3) is 0.217. The third-order valence-corrected chi connectivity index (χ3v) is 5.55. The van der Waals surface area contributed by atoms with Crippen molar-refractivity contribution in [3.8, 4) is 11.4 Å². The number of imidazole rings is 1. The number of hydrogen-bond donors (Lipinski definition) is 2. The van der Waals surface area contributed by atoms with E-state index in [4.69, 9.17) is 32.7 Å². The summed E-state index contributed by atoms with van der Waals surface area (Å²) in [6.07, 6.45) is 2.32. The maximum absolute atomic E-state index is 12.6. The van der Waals surface area contributed by atoms with Gasteiger partial charge in [0.05, 0.1) is 36.5 Å². The molecule has 4 N–H and O–H groups in total. The van der Waals surface area contributed by atoms with E-state index < -0.39 is 5.97 Å². The monoisotopic (exact) mass is 453 g/mol. The maximum Gasteiger partial charge on any atom is 0.358 e. The summed E-state index contributed by atoms with van der Waals surface area (Å²) < 4.78 is 12.4. The summed E-state index contributed by atoms with van der Waals surface area (Å²) in [4.78, 5) is 16.9. The number of nitrogens with two attached hydrogens (primary N) is 2. The number of halogens is 1. The van der Waals surface area contributed by atoms with Crippen LogP contribution in [0.4, 0.5) is 5.69 Å². The summed E-state index contributed by atoms with van der Waals surface area (Å²) in [6, 6.07) is 13.0. The van der Waals surface area contributed by atoms with E-state index >= 15 is 0 Å². The molecule has 9 heteroatoms. The quantitative estimate of drug-likeness (QED) is 0.450. The van der Waals surface area contributed by atoms with E-state index in [1.165, 1.54) is 0 Å². The van der Waals surface area contributed by atoms with E-state index in [0.29, 0.717) is 40.0 Å². The van der Waals surface area contributed by atoms with E-state index in [9.17, 15) is 4.79 Å². The largest absolute Gasteiger partial charge is 0.497 e. The average Bonchev–Trinajstić information content (AvgIpc) is 3.15. The Labute approximate surface area is 191 Å². The first-order valence-corrected chi connectivity index (χ1v) is 10.5. The second-order valence-electron chi connectivity index (χ2n) is 7.31. The molecule has 1 aromatic heterocycles. The van der Waals surface area contributed by atoms with Crippen molar-refractivity contribution in [2.45, 2.75) is 19.8 Å². The molecule has 0 saturated carbocycles. The van der Waals surface area contributed by atoms with Crippen LogP contribution in [0.25, 0.3) is 5.69 Å². The van der Waals surface area contributed by atoms with Gasteiger partial charge in [-0.2, -0.15) is 0 Å². The predicted octanol–water partition coefficient (Wildman–Crippen LogP) is 3.36.